The molecule has 0 aromatic heterocycles. The number of allylic oxidation sites excluding steroid dienone is 4. The van der Waals surface area contributed by atoms with Crippen LogP contribution in [-0.4, -0.2) is 11.6 Å². The fourth-order valence-electron chi connectivity index (χ4n) is 1.06. The highest BCUT2D eigenvalue weighted by Gasteiger charge is 1.88. The molecule has 0 aromatic rings. The second kappa shape index (κ2) is 13.9. The van der Waals surface area contributed by atoms with Crippen molar-refractivity contribution < 1.29 is 9.59 Å². The Morgan fingerprint density at radius 2 is 1.61 bits per heavy atom. The largest absolute Gasteiger partial charge is 0.300 e. The van der Waals surface area contributed by atoms with Crippen LogP contribution in [0.4, 0.5) is 0 Å². The third kappa shape index (κ3) is 20.3. The highest BCUT2D eigenvalue weighted by Crippen LogP contribution is 1.96. The van der Waals surface area contributed by atoms with Gasteiger partial charge in [-0.2, -0.15) is 0 Å². The number of unbranched alkanes of at least 4 members (excludes halogenated alkanes) is 1. The van der Waals surface area contributed by atoms with E-state index in [1.807, 2.05) is 26.8 Å². The number of hydrogen-bond donors (Lipinski definition) is 0. The van der Waals surface area contributed by atoms with Crippen LogP contribution in [0.15, 0.2) is 23.8 Å². The Kier molecular flexibility index (Phi) is 14.8. The Bertz CT molecular complexity index is 281. The van der Waals surface area contributed by atoms with Crippen LogP contribution in [-0.2, 0) is 9.59 Å². The minimum absolute atomic E-state index is 0.225. The number of rotatable bonds is 7. The van der Waals surface area contributed by atoms with Crippen LogP contribution in [0.5, 0.6) is 0 Å². The van der Waals surface area contributed by atoms with Crippen molar-refractivity contribution in [2.24, 2.45) is 0 Å². The molecule has 0 amide bonds. The van der Waals surface area contributed by atoms with Gasteiger partial charge in [-0.05, 0) is 39.7 Å². The highest BCUT2D eigenvalue weighted by atomic mass is 16.1. The molecule has 0 saturated heterocycles. The van der Waals surface area contributed by atoms with Gasteiger partial charge in [-0.1, -0.05) is 38.0 Å². The summed E-state index contributed by atoms with van der Waals surface area (Å²) in [5.41, 5.74) is 1.29. The number of ketones is 2. The predicted molar refractivity (Wildman–Crippen MR) is 78.7 cm³/mol. The Labute approximate surface area is 112 Å². The average Bonchev–Trinajstić information content (AvgIpc) is 2.29. The molecule has 18 heavy (non-hydrogen) atoms. The van der Waals surface area contributed by atoms with Crippen molar-refractivity contribution in [2.75, 3.05) is 0 Å². The van der Waals surface area contributed by atoms with Gasteiger partial charge in [0.2, 0.25) is 0 Å². The maximum absolute atomic E-state index is 10.6. The smallest absolute Gasteiger partial charge is 0.155 e. The van der Waals surface area contributed by atoms with E-state index in [1.165, 1.54) is 5.57 Å². The van der Waals surface area contributed by atoms with Crippen LogP contribution in [0.25, 0.3) is 0 Å². The molecule has 0 heterocycles. The Balaban J connectivity index is 0. The number of carbonyl (C=O) groups is 2. The lowest BCUT2D eigenvalue weighted by Crippen LogP contribution is -1.86. The summed E-state index contributed by atoms with van der Waals surface area (Å²) in [6.07, 6.45) is 10.0. The SMILES string of the molecule is CC(=O)CCC=C(C)C.CCCC=CC(=O)CC. The van der Waals surface area contributed by atoms with Crippen molar-refractivity contribution in [3.05, 3.63) is 23.8 Å². The molecule has 0 unspecified atom stereocenters. The second-order valence-electron chi connectivity index (χ2n) is 4.53. The highest BCUT2D eigenvalue weighted by molar-refractivity contribution is 5.89. The molecule has 0 rings (SSSR count). The van der Waals surface area contributed by atoms with Crippen LogP contribution in [0.2, 0.25) is 0 Å². The topological polar surface area (TPSA) is 34.1 Å². The summed E-state index contributed by atoms with van der Waals surface area (Å²) in [6.45, 7) is 9.68. The molecule has 2 nitrogen and oxygen atoms in total. The van der Waals surface area contributed by atoms with Crippen molar-refractivity contribution in [1.82, 2.24) is 0 Å². The normalized spacial score (nSPS) is 9.61. The van der Waals surface area contributed by atoms with Gasteiger partial charge in [0, 0.05) is 12.8 Å². The molecule has 0 saturated carbocycles. The minimum Gasteiger partial charge on any atom is -0.300 e. The molecule has 0 bridgehead atoms. The zero-order chi connectivity index (χ0) is 14.4. The Hall–Kier alpha value is -1.18. The van der Waals surface area contributed by atoms with Gasteiger partial charge in [0.25, 0.3) is 0 Å². The fourth-order valence-corrected chi connectivity index (χ4v) is 1.06. The van der Waals surface area contributed by atoms with Gasteiger partial charge in [-0.15, -0.1) is 0 Å². The van der Waals surface area contributed by atoms with E-state index in [0.29, 0.717) is 12.8 Å². The van der Waals surface area contributed by atoms with Gasteiger partial charge in [-0.25, -0.2) is 0 Å². The van der Waals surface area contributed by atoms with E-state index in [2.05, 4.69) is 13.0 Å². The fraction of sp³-hybridized carbons (Fsp3) is 0.625. The standard InChI is InChI=1S/2C8H14O/c1-7(2)5-4-6-8(3)9;1-3-5-6-7-8(9)4-2/h5H,4,6H2,1-3H3;6-7H,3-5H2,1-2H3. The first-order valence-electron chi connectivity index (χ1n) is 6.76. The molecule has 0 aliphatic rings. The summed E-state index contributed by atoms with van der Waals surface area (Å²) in [5, 5.41) is 0. The van der Waals surface area contributed by atoms with Gasteiger partial charge in [0.1, 0.15) is 5.78 Å². The molecule has 0 aromatic carbocycles. The molecular formula is C16H28O2. The molecule has 2 heteroatoms. The molecule has 0 spiro atoms. The predicted octanol–water partition coefficient (Wildman–Crippen LogP) is 4.64. The summed E-state index contributed by atoms with van der Waals surface area (Å²) < 4.78 is 0. The Morgan fingerprint density at radius 1 is 1.00 bits per heavy atom. The molecule has 0 aliphatic heterocycles. The number of hydrogen-bond acceptors (Lipinski definition) is 2. The van der Waals surface area contributed by atoms with E-state index in [-0.39, 0.29) is 11.6 Å². The average molecular weight is 252 g/mol. The lowest BCUT2D eigenvalue weighted by Gasteiger charge is -1.89. The molecule has 104 valence electrons. The first-order valence-corrected chi connectivity index (χ1v) is 6.76. The first-order chi connectivity index (χ1) is 8.43. The lowest BCUT2D eigenvalue weighted by atomic mass is 10.2. The third-order valence-electron chi connectivity index (χ3n) is 2.16. The lowest BCUT2D eigenvalue weighted by molar-refractivity contribution is -0.117. The van der Waals surface area contributed by atoms with Gasteiger partial charge >= 0.3 is 0 Å². The van der Waals surface area contributed by atoms with Crippen LogP contribution in [0.3, 0.4) is 0 Å². The zero-order valence-electron chi connectivity index (χ0n) is 12.6. The van der Waals surface area contributed by atoms with Gasteiger partial charge in [0.05, 0.1) is 0 Å². The van der Waals surface area contributed by atoms with Crippen LogP contribution in [0.1, 0.15) is 66.7 Å². The summed E-state index contributed by atoms with van der Waals surface area (Å²) in [5.74, 6) is 0.496. The second-order valence-corrected chi connectivity index (χ2v) is 4.53. The monoisotopic (exact) mass is 252 g/mol. The summed E-state index contributed by atoms with van der Waals surface area (Å²) >= 11 is 0. The minimum atomic E-state index is 0.225. The molecule has 0 aliphatic carbocycles. The van der Waals surface area contributed by atoms with Crippen molar-refractivity contribution in [1.29, 1.82) is 0 Å². The third-order valence-corrected chi connectivity index (χ3v) is 2.16. The van der Waals surface area contributed by atoms with Crippen molar-refractivity contribution in [3.63, 3.8) is 0 Å². The van der Waals surface area contributed by atoms with Gasteiger partial charge in [0.15, 0.2) is 5.78 Å². The van der Waals surface area contributed by atoms with E-state index in [9.17, 15) is 9.59 Å². The Morgan fingerprint density at radius 3 is 2.00 bits per heavy atom. The first kappa shape index (κ1) is 19.2. The number of carbonyl (C=O) groups excluding carboxylic acids is 2. The van der Waals surface area contributed by atoms with Crippen LogP contribution < -0.4 is 0 Å². The van der Waals surface area contributed by atoms with Crippen LogP contribution in [0, 0.1) is 0 Å². The summed E-state index contributed by atoms with van der Waals surface area (Å²) in [4.78, 5) is 21.0. The maximum atomic E-state index is 10.6. The van der Waals surface area contributed by atoms with E-state index in [1.54, 1.807) is 13.0 Å². The van der Waals surface area contributed by atoms with E-state index in [4.69, 9.17) is 0 Å². The van der Waals surface area contributed by atoms with E-state index in [0.717, 1.165) is 19.3 Å². The summed E-state index contributed by atoms with van der Waals surface area (Å²) in [7, 11) is 0. The van der Waals surface area contributed by atoms with E-state index < -0.39 is 0 Å². The molecule has 0 atom stereocenters. The van der Waals surface area contributed by atoms with Crippen molar-refractivity contribution in [2.45, 2.75) is 66.7 Å². The van der Waals surface area contributed by atoms with E-state index >= 15 is 0 Å². The van der Waals surface area contributed by atoms with Gasteiger partial charge in [-0.3, -0.25) is 4.79 Å². The summed E-state index contributed by atoms with van der Waals surface area (Å²) in [6, 6.07) is 0. The number of Topliss-reactive ketones (excluding diaryl/α,β-unsaturated/α-hetero) is 1. The van der Waals surface area contributed by atoms with Crippen molar-refractivity contribution >= 4 is 11.6 Å². The van der Waals surface area contributed by atoms with Crippen molar-refractivity contribution in [3.8, 4) is 0 Å². The molecule has 0 radical (unpaired) electrons. The van der Waals surface area contributed by atoms with Gasteiger partial charge < -0.3 is 4.79 Å². The van der Waals surface area contributed by atoms with Crippen LogP contribution >= 0.6 is 0 Å². The zero-order valence-corrected chi connectivity index (χ0v) is 12.6. The quantitative estimate of drug-likeness (QED) is 0.488. The molecule has 0 fully saturated rings. The maximum Gasteiger partial charge on any atom is 0.155 e. The molecule has 0 N–H and O–H groups in total. The molecular weight excluding hydrogens is 224 g/mol.